The Balaban J connectivity index is 0.000000325. The average molecular weight is 224 g/mol. The van der Waals surface area contributed by atoms with Crippen LogP contribution in [0.1, 0.15) is 0 Å². The van der Waals surface area contributed by atoms with Crippen molar-refractivity contribution in [2.75, 3.05) is 24.7 Å². The van der Waals surface area contributed by atoms with Gasteiger partial charge in [-0.1, -0.05) is 0 Å². The number of carbonyl (C=O) groups excluding carboxylic acids is 2. The standard InChI is InChI=1S/C8H12N2.C2H2O4/c1-10(2)8-5-3-7(9)4-6-8;3-1(4)2(5)6/h3-6H,9H2,1-2H3;(H,3,4)(H,5,6)/p-2. The van der Waals surface area contributed by atoms with Crippen LogP contribution in [0, 0.1) is 0 Å². The van der Waals surface area contributed by atoms with Crippen molar-refractivity contribution < 1.29 is 19.8 Å². The van der Waals surface area contributed by atoms with E-state index in [-0.39, 0.29) is 0 Å². The van der Waals surface area contributed by atoms with Gasteiger partial charge in [0.2, 0.25) is 0 Å². The number of carbonyl (C=O) groups is 2. The lowest BCUT2D eigenvalue weighted by Gasteiger charge is -2.11. The van der Waals surface area contributed by atoms with Gasteiger partial charge in [-0.05, 0) is 24.3 Å². The molecule has 0 saturated carbocycles. The lowest BCUT2D eigenvalue weighted by atomic mass is 10.3. The van der Waals surface area contributed by atoms with E-state index in [2.05, 4.69) is 0 Å². The molecule has 6 heteroatoms. The molecule has 0 aliphatic heterocycles. The Hall–Kier alpha value is -2.24. The molecular formula is C10H12N2O4-2. The number of carboxylic acids is 2. The maximum Gasteiger partial charge on any atom is 0.0870 e. The Morgan fingerprint density at radius 1 is 1.06 bits per heavy atom. The zero-order valence-corrected chi connectivity index (χ0v) is 8.97. The predicted octanol–water partition coefficient (Wildman–Crippen LogP) is -2.18. The van der Waals surface area contributed by atoms with Crippen LogP contribution < -0.4 is 20.8 Å². The van der Waals surface area contributed by atoms with Gasteiger partial charge in [0.15, 0.2) is 0 Å². The lowest BCUT2D eigenvalue weighted by molar-refractivity contribution is -0.345. The van der Waals surface area contributed by atoms with Crippen molar-refractivity contribution in [1.29, 1.82) is 0 Å². The molecule has 16 heavy (non-hydrogen) atoms. The smallest absolute Gasteiger partial charge is 0.0870 e. The molecule has 0 saturated heterocycles. The Bertz CT molecular complexity index is 348. The van der Waals surface area contributed by atoms with Gasteiger partial charge >= 0.3 is 0 Å². The summed E-state index contributed by atoms with van der Waals surface area (Å²) >= 11 is 0. The number of benzene rings is 1. The van der Waals surface area contributed by atoms with Crippen molar-refractivity contribution in [3.63, 3.8) is 0 Å². The van der Waals surface area contributed by atoms with Crippen LogP contribution >= 0.6 is 0 Å². The molecule has 0 aromatic heterocycles. The molecule has 0 radical (unpaired) electrons. The van der Waals surface area contributed by atoms with E-state index in [4.69, 9.17) is 25.5 Å². The molecule has 0 aliphatic rings. The van der Waals surface area contributed by atoms with E-state index in [0.717, 1.165) is 5.69 Å². The van der Waals surface area contributed by atoms with Gasteiger partial charge in [0.1, 0.15) is 0 Å². The van der Waals surface area contributed by atoms with Gasteiger partial charge in [-0.2, -0.15) is 0 Å². The largest absolute Gasteiger partial charge is 0.543 e. The third kappa shape index (κ3) is 5.48. The number of nitrogens with two attached hydrogens (primary N) is 1. The monoisotopic (exact) mass is 224 g/mol. The highest BCUT2D eigenvalue weighted by Crippen LogP contribution is 2.12. The lowest BCUT2D eigenvalue weighted by Crippen LogP contribution is -2.42. The SMILES string of the molecule is CN(C)c1ccc(N)cc1.O=C([O-])C(=O)[O-]. The predicted molar refractivity (Wildman–Crippen MR) is 55.2 cm³/mol. The zero-order valence-electron chi connectivity index (χ0n) is 8.97. The highest BCUT2D eigenvalue weighted by atomic mass is 16.4. The molecule has 0 unspecified atom stereocenters. The van der Waals surface area contributed by atoms with E-state index in [9.17, 15) is 0 Å². The van der Waals surface area contributed by atoms with E-state index < -0.39 is 11.9 Å². The minimum absolute atomic E-state index is 0.811. The molecule has 2 N–H and O–H groups in total. The summed E-state index contributed by atoms with van der Waals surface area (Å²) in [7, 11) is 4.01. The van der Waals surface area contributed by atoms with Crippen molar-refractivity contribution >= 4 is 23.3 Å². The van der Waals surface area contributed by atoms with E-state index in [0.29, 0.717) is 0 Å². The second-order valence-corrected chi connectivity index (χ2v) is 3.06. The quantitative estimate of drug-likeness (QED) is 0.429. The van der Waals surface area contributed by atoms with Gasteiger partial charge in [-0.15, -0.1) is 0 Å². The van der Waals surface area contributed by atoms with Crippen molar-refractivity contribution in [2.24, 2.45) is 0 Å². The number of anilines is 2. The molecule has 0 heterocycles. The van der Waals surface area contributed by atoms with Gasteiger partial charge in [0.25, 0.3) is 0 Å². The average Bonchev–Trinajstić information content (AvgIpc) is 2.19. The van der Waals surface area contributed by atoms with Gasteiger partial charge < -0.3 is 30.4 Å². The van der Waals surface area contributed by atoms with E-state index in [1.54, 1.807) is 0 Å². The van der Waals surface area contributed by atoms with Crippen molar-refractivity contribution in [1.82, 2.24) is 0 Å². The van der Waals surface area contributed by atoms with E-state index in [1.165, 1.54) is 5.69 Å². The number of hydrogen-bond donors (Lipinski definition) is 1. The Morgan fingerprint density at radius 2 is 1.44 bits per heavy atom. The number of aliphatic carboxylic acids is 2. The van der Waals surface area contributed by atoms with Crippen LogP contribution in [0.4, 0.5) is 11.4 Å². The third-order valence-electron chi connectivity index (χ3n) is 1.58. The fourth-order valence-corrected chi connectivity index (χ4v) is 0.772. The normalized spacial score (nSPS) is 8.62. The van der Waals surface area contributed by atoms with Gasteiger partial charge in [-0.25, -0.2) is 0 Å². The number of rotatable bonds is 1. The molecule has 1 rings (SSSR count). The van der Waals surface area contributed by atoms with Crippen LogP contribution in [0.15, 0.2) is 24.3 Å². The number of nitrogens with zero attached hydrogens (tertiary/aromatic N) is 1. The maximum absolute atomic E-state index is 8.93. The number of nitrogen functional groups attached to an aromatic ring is 1. The molecule has 88 valence electrons. The van der Waals surface area contributed by atoms with Crippen LogP contribution in [0.2, 0.25) is 0 Å². The first-order valence-corrected chi connectivity index (χ1v) is 4.29. The maximum atomic E-state index is 8.93. The fraction of sp³-hybridized carbons (Fsp3) is 0.200. The topological polar surface area (TPSA) is 110 Å². The molecule has 0 fully saturated rings. The number of carboxylic acid groups (broad SMARTS) is 2. The van der Waals surface area contributed by atoms with E-state index in [1.807, 2.05) is 43.3 Å². The molecule has 0 spiro atoms. The van der Waals surface area contributed by atoms with Crippen LogP contribution in [0.25, 0.3) is 0 Å². The second-order valence-electron chi connectivity index (χ2n) is 3.06. The highest BCUT2D eigenvalue weighted by molar-refractivity contribution is 6.25. The van der Waals surface area contributed by atoms with Crippen LogP contribution in [-0.4, -0.2) is 26.0 Å². The summed E-state index contributed by atoms with van der Waals surface area (Å²) in [5.41, 5.74) is 7.49. The van der Waals surface area contributed by atoms with Crippen molar-refractivity contribution in [3.8, 4) is 0 Å². The summed E-state index contributed by atoms with van der Waals surface area (Å²) in [5, 5.41) is 17.9. The molecule has 1 aromatic carbocycles. The molecular weight excluding hydrogens is 212 g/mol. The van der Waals surface area contributed by atoms with Gasteiger partial charge in [0.05, 0.1) is 11.9 Å². The Morgan fingerprint density at radius 3 is 1.69 bits per heavy atom. The molecule has 0 bridgehead atoms. The molecule has 0 amide bonds. The molecule has 0 atom stereocenters. The summed E-state index contributed by atoms with van der Waals surface area (Å²) in [6.45, 7) is 0. The zero-order chi connectivity index (χ0) is 12.7. The first-order valence-electron chi connectivity index (χ1n) is 4.29. The summed E-state index contributed by atoms with van der Waals surface area (Å²) < 4.78 is 0. The Labute approximate surface area is 92.9 Å². The summed E-state index contributed by atoms with van der Waals surface area (Å²) in [6, 6.07) is 7.79. The molecule has 1 aromatic rings. The minimum Gasteiger partial charge on any atom is -0.543 e. The first kappa shape index (κ1) is 13.8. The van der Waals surface area contributed by atoms with E-state index >= 15 is 0 Å². The molecule has 0 aliphatic carbocycles. The molecule has 6 nitrogen and oxygen atoms in total. The number of hydrogen-bond acceptors (Lipinski definition) is 6. The van der Waals surface area contributed by atoms with Gasteiger partial charge in [-0.3, -0.25) is 0 Å². The minimum atomic E-state index is -2.19. The Kier molecular flexibility index (Phi) is 5.40. The van der Waals surface area contributed by atoms with Crippen LogP contribution in [0.3, 0.4) is 0 Å². The van der Waals surface area contributed by atoms with Crippen molar-refractivity contribution in [3.05, 3.63) is 24.3 Å². The summed E-state index contributed by atoms with van der Waals surface area (Å²) in [6.07, 6.45) is 0. The summed E-state index contributed by atoms with van der Waals surface area (Å²) in [5.74, 6) is -4.37. The first-order chi connectivity index (χ1) is 7.34. The second kappa shape index (κ2) is 6.28. The highest BCUT2D eigenvalue weighted by Gasteiger charge is 1.91. The van der Waals surface area contributed by atoms with Crippen molar-refractivity contribution in [2.45, 2.75) is 0 Å². The fourth-order valence-electron chi connectivity index (χ4n) is 0.772. The van der Waals surface area contributed by atoms with Crippen LogP contribution in [0.5, 0.6) is 0 Å². The summed E-state index contributed by atoms with van der Waals surface area (Å²) in [4.78, 5) is 19.9. The van der Waals surface area contributed by atoms with Crippen LogP contribution in [-0.2, 0) is 9.59 Å². The third-order valence-corrected chi connectivity index (χ3v) is 1.58. The van der Waals surface area contributed by atoms with Gasteiger partial charge in [0, 0.05) is 25.5 Å².